The van der Waals surface area contributed by atoms with Gasteiger partial charge in [0, 0.05) is 28.3 Å². The summed E-state index contributed by atoms with van der Waals surface area (Å²) >= 11 is 0. The van der Waals surface area contributed by atoms with Crippen molar-refractivity contribution in [3.63, 3.8) is 0 Å². The molecule has 1 N–H and O–H groups in total. The second-order valence-electron chi connectivity index (χ2n) is 8.49. The van der Waals surface area contributed by atoms with Crippen LogP contribution in [0.3, 0.4) is 0 Å². The van der Waals surface area contributed by atoms with E-state index in [0.717, 1.165) is 39.0 Å². The number of pyridine rings is 1. The van der Waals surface area contributed by atoms with E-state index in [-0.39, 0.29) is 11.9 Å². The summed E-state index contributed by atoms with van der Waals surface area (Å²) in [4.78, 5) is 9.18. The first-order valence-corrected chi connectivity index (χ1v) is 10.4. The molecule has 0 atom stereocenters. The van der Waals surface area contributed by atoms with Gasteiger partial charge in [0.1, 0.15) is 11.4 Å². The van der Waals surface area contributed by atoms with Crippen molar-refractivity contribution in [2.75, 3.05) is 13.2 Å². The molecule has 0 unspecified atom stereocenters. The molecule has 5 nitrogen and oxygen atoms in total. The van der Waals surface area contributed by atoms with Crippen molar-refractivity contribution in [2.24, 2.45) is 0 Å². The number of hydrogen-bond donors (Lipinski definition) is 1. The second kappa shape index (κ2) is 7.86. The monoisotopic (exact) mass is 427 g/mol. The van der Waals surface area contributed by atoms with E-state index in [9.17, 15) is 9.50 Å². The van der Waals surface area contributed by atoms with Crippen LogP contribution >= 0.6 is 0 Å². The topological polar surface area (TPSA) is 60.2 Å². The summed E-state index contributed by atoms with van der Waals surface area (Å²) in [5.74, 6) is 5.54. The van der Waals surface area contributed by atoms with Crippen molar-refractivity contribution in [1.29, 1.82) is 0 Å². The molecule has 0 amide bonds. The molecule has 3 heterocycles. The molecule has 160 valence electrons. The highest BCUT2D eigenvalue weighted by Gasteiger charge is 2.26. The molecule has 0 spiro atoms. The Hall–Kier alpha value is -3.53. The Kier molecular flexibility index (Phi) is 5.01. The first-order chi connectivity index (χ1) is 15.4. The van der Waals surface area contributed by atoms with Gasteiger partial charge >= 0.3 is 0 Å². The van der Waals surface area contributed by atoms with Crippen LogP contribution in [0.4, 0.5) is 4.39 Å². The van der Waals surface area contributed by atoms with Gasteiger partial charge in [-0.15, -0.1) is 0 Å². The van der Waals surface area contributed by atoms with Gasteiger partial charge in [-0.2, -0.15) is 0 Å². The number of ether oxygens (including phenoxy) is 1. The van der Waals surface area contributed by atoms with Gasteiger partial charge in [-0.25, -0.2) is 9.37 Å². The Morgan fingerprint density at radius 2 is 1.81 bits per heavy atom. The molecule has 0 saturated carbocycles. The van der Waals surface area contributed by atoms with Crippen LogP contribution in [-0.4, -0.2) is 38.5 Å². The number of benzene rings is 2. The molecular formula is C26H22FN3O2. The molecular weight excluding hydrogens is 405 g/mol. The van der Waals surface area contributed by atoms with Crippen LogP contribution in [0.1, 0.15) is 25.5 Å². The van der Waals surface area contributed by atoms with Gasteiger partial charge in [0.2, 0.25) is 0 Å². The molecule has 6 heteroatoms. The summed E-state index contributed by atoms with van der Waals surface area (Å²) in [5, 5.41) is 10.8. The summed E-state index contributed by atoms with van der Waals surface area (Å²) in [6, 6.07) is 14.6. The third-order valence-corrected chi connectivity index (χ3v) is 5.39. The van der Waals surface area contributed by atoms with E-state index in [1.807, 2.05) is 24.5 Å². The number of nitrogens with zero attached hydrogens (tertiary/aromatic N) is 3. The van der Waals surface area contributed by atoms with E-state index >= 15 is 0 Å². The smallest absolute Gasteiger partial charge is 0.123 e. The fourth-order valence-electron chi connectivity index (χ4n) is 3.70. The van der Waals surface area contributed by atoms with E-state index in [1.54, 1.807) is 32.2 Å². The number of halogens is 1. The molecule has 1 fully saturated rings. The Morgan fingerprint density at radius 3 is 2.50 bits per heavy atom. The first kappa shape index (κ1) is 20.4. The summed E-state index contributed by atoms with van der Waals surface area (Å²) in [6.45, 7) is 4.57. The summed E-state index contributed by atoms with van der Waals surface area (Å²) in [6.07, 6.45) is 3.54. The maximum Gasteiger partial charge on any atom is 0.123 e. The van der Waals surface area contributed by atoms with E-state index < -0.39 is 5.60 Å². The molecule has 2 aromatic heterocycles. The number of aliphatic hydroxyl groups is 1. The SMILES string of the molecule is CC(C)(O)C#Cc1cnc2ccc(-c3c(-c4ccc(F)cc4)ncn3C3COC3)cc2c1. The third-order valence-electron chi connectivity index (χ3n) is 5.39. The Morgan fingerprint density at radius 1 is 1.06 bits per heavy atom. The van der Waals surface area contributed by atoms with Gasteiger partial charge in [0.25, 0.3) is 0 Å². The first-order valence-electron chi connectivity index (χ1n) is 10.4. The Balaban J connectivity index is 1.64. The Labute approximate surface area is 185 Å². The molecule has 5 rings (SSSR count). The molecule has 1 saturated heterocycles. The van der Waals surface area contributed by atoms with Crippen LogP contribution in [0.25, 0.3) is 33.4 Å². The normalized spacial score (nSPS) is 14.1. The van der Waals surface area contributed by atoms with Crippen LogP contribution in [0, 0.1) is 17.7 Å². The maximum absolute atomic E-state index is 13.5. The predicted octanol–water partition coefficient (Wildman–Crippen LogP) is 4.60. The van der Waals surface area contributed by atoms with Crippen molar-refractivity contribution in [1.82, 2.24) is 14.5 Å². The van der Waals surface area contributed by atoms with E-state index in [4.69, 9.17) is 4.74 Å². The van der Waals surface area contributed by atoms with Gasteiger partial charge in [-0.05, 0) is 56.3 Å². The van der Waals surface area contributed by atoms with Crippen LogP contribution in [0.15, 0.2) is 61.1 Å². The minimum absolute atomic E-state index is 0.213. The zero-order chi connectivity index (χ0) is 22.3. The minimum atomic E-state index is -1.07. The molecule has 0 radical (unpaired) electrons. The highest BCUT2D eigenvalue weighted by Crippen LogP contribution is 2.36. The average molecular weight is 427 g/mol. The molecule has 1 aliphatic heterocycles. The molecule has 0 bridgehead atoms. The van der Waals surface area contributed by atoms with Gasteiger partial charge in [0.15, 0.2) is 0 Å². The van der Waals surface area contributed by atoms with E-state index in [1.165, 1.54) is 12.1 Å². The standard InChI is InChI=1S/C26H22FN3O2/c1-26(2,31)10-9-17-11-20-12-19(5-8-23(20)28-13-17)25-24(18-3-6-21(27)7-4-18)29-16-30(25)22-14-32-15-22/h3-8,11-13,16,22,31H,14-15H2,1-2H3. The predicted molar refractivity (Wildman–Crippen MR) is 121 cm³/mol. The minimum Gasteiger partial charge on any atom is -0.378 e. The molecule has 1 aliphatic rings. The number of hydrogen-bond acceptors (Lipinski definition) is 4. The lowest BCUT2D eigenvalue weighted by Gasteiger charge is -2.29. The summed E-state index contributed by atoms with van der Waals surface area (Å²) in [7, 11) is 0. The summed E-state index contributed by atoms with van der Waals surface area (Å²) in [5.41, 5.74) is 4.10. The Bertz CT molecular complexity index is 1350. The molecule has 4 aromatic rings. The fraction of sp³-hybridized carbons (Fsp3) is 0.231. The largest absolute Gasteiger partial charge is 0.378 e. The fourth-order valence-corrected chi connectivity index (χ4v) is 3.70. The highest BCUT2D eigenvalue weighted by atomic mass is 19.1. The lowest BCUT2D eigenvalue weighted by atomic mass is 10.0. The summed E-state index contributed by atoms with van der Waals surface area (Å²) < 4.78 is 21.0. The number of aromatic nitrogens is 3. The molecule has 0 aliphatic carbocycles. The number of rotatable bonds is 3. The number of fused-ring (bicyclic) bond motifs is 1. The van der Waals surface area contributed by atoms with Crippen molar-refractivity contribution < 1.29 is 14.2 Å². The van der Waals surface area contributed by atoms with E-state index in [2.05, 4.69) is 32.4 Å². The maximum atomic E-state index is 13.5. The molecule has 2 aromatic carbocycles. The third kappa shape index (κ3) is 4.01. The highest BCUT2D eigenvalue weighted by molar-refractivity contribution is 5.88. The van der Waals surface area contributed by atoms with Crippen molar-refractivity contribution in [3.8, 4) is 34.4 Å². The van der Waals surface area contributed by atoms with Crippen LogP contribution in [-0.2, 0) is 4.74 Å². The zero-order valence-electron chi connectivity index (χ0n) is 17.8. The zero-order valence-corrected chi connectivity index (χ0v) is 17.8. The van der Waals surface area contributed by atoms with Crippen LogP contribution in [0.5, 0.6) is 0 Å². The molecule has 32 heavy (non-hydrogen) atoms. The van der Waals surface area contributed by atoms with Crippen LogP contribution < -0.4 is 0 Å². The lowest BCUT2D eigenvalue weighted by molar-refractivity contribution is -0.0226. The van der Waals surface area contributed by atoms with Crippen molar-refractivity contribution >= 4 is 10.9 Å². The van der Waals surface area contributed by atoms with E-state index in [0.29, 0.717) is 13.2 Å². The van der Waals surface area contributed by atoms with Crippen molar-refractivity contribution in [3.05, 3.63) is 72.4 Å². The van der Waals surface area contributed by atoms with Crippen molar-refractivity contribution in [2.45, 2.75) is 25.5 Å². The quantitative estimate of drug-likeness (QED) is 0.486. The van der Waals surface area contributed by atoms with Gasteiger partial charge in [-0.3, -0.25) is 4.98 Å². The van der Waals surface area contributed by atoms with Gasteiger partial charge < -0.3 is 14.4 Å². The lowest BCUT2D eigenvalue weighted by Crippen LogP contribution is -2.30. The number of imidazole rings is 1. The van der Waals surface area contributed by atoms with Crippen LogP contribution in [0.2, 0.25) is 0 Å². The average Bonchev–Trinajstić information content (AvgIpc) is 3.15. The second-order valence-corrected chi connectivity index (χ2v) is 8.49. The van der Waals surface area contributed by atoms with Gasteiger partial charge in [-0.1, -0.05) is 17.9 Å². The van der Waals surface area contributed by atoms with Gasteiger partial charge in [0.05, 0.1) is 42.5 Å².